The van der Waals surface area contributed by atoms with Gasteiger partial charge in [0.25, 0.3) is 0 Å². The maximum atomic E-state index is 12.7. The molecule has 2 atom stereocenters. The van der Waals surface area contributed by atoms with Crippen LogP contribution in [-0.4, -0.2) is 59.1 Å². The highest BCUT2D eigenvalue weighted by Gasteiger charge is 2.52. The molecule has 0 aliphatic carbocycles. The molecule has 3 heterocycles. The third-order valence-corrected chi connectivity index (χ3v) is 6.04. The van der Waals surface area contributed by atoms with Crippen LogP contribution in [0.25, 0.3) is 0 Å². The van der Waals surface area contributed by atoms with Gasteiger partial charge in [0.1, 0.15) is 16.9 Å². The smallest absolute Gasteiger partial charge is 0.444 e. The van der Waals surface area contributed by atoms with Crippen molar-refractivity contribution in [3.05, 3.63) is 22.8 Å². The third-order valence-electron chi connectivity index (χ3n) is 5.85. The van der Waals surface area contributed by atoms with Crippen LogP contribution in [0, 0.1) is 0 Å². The second-order valence-corrected chi connectivity index (χ2v) is 10.3. The van der Waals surface area contributed by atoms with Crippen LogP contribution in [0.2, 0.25) is 5.15 Å². The zero-order chi connectivity index (χ0) is 22.5. The Bertz CT molecular complexity index is 795. The van der Waals surface area contributed by atoms with Crippen molar-refractivity contribution in [3.8, 4) is 0 Å². The van der Waals surface area contributed by atoms with E-state index in [0.29, 0.717) is 23.9 Å². The summed E-state index contributed by atoms with van der Waals surface area (Å²) in [6.07, 6.45) is -0.720. The zero-order valence-electron chi connectivity index (χ0n) is 19.1. The summed E-state index contributed by atoms with van der Waals surface area (Å²) in [4.78, 5) is 18.8. The molecule has 0 radical (unpaired) electrons. The van der Waals surface area contributed by atoms with E-state index in [1.54, 1.807) is 11.0 Å². The summed E-state index contributed by atoms with van der Waals surface area (Å²) in [5, 5.41) is 0.322. The molecule has 1 aromatic rings. The monoisotopic (exact) mass is 438 g/mol. The Kier molecular flexibility index (Phi) is 6.19. The number of amides is 1. The molecule has 30 heavy (non-hydrogen) atoms. The molecule has 0 aromatic carbocycles. The molecule has 0 bridgehead atoms. The van der Waals surface area contributed by atoms with Crippen LogP contribution in [0.1, 0.15) is 67.1 Å². The number of pyridine rings is 1. The summed E-state index contributed by atoms with van der Waals surface area (Å²) in [7, 11) is -0.631. The van der Waals surface area contributed by atoms with Crippen LogP contribution in [0.3, 0.4) is 0 Å². The van der Waals surface area contributed by atoms with E-state index in [9.17, 15) is 4.79 Å². The molecule has 2 aliphatic heterocycles. The maximum absolute atomic E-state index is 12.7. The number of hydrogen-bond donors (Lipinski definition) is 0. The molecule has 2 fully saturated rings. The van der Waals surface area contributed by atoms with Crippen molar-refractivity contribution in [1.82, 2.24) is 9.88 Å². The number of rotatable bonds is 2. The molecule has 9 heteroatoms. The first-order chi connectivity index (χ1) is 13.7. The Hall–Kier alpha value is -1.35. The van der Waals surface area contributed by atoms with Crippen molar-refractivity contribution in [2.45, 2.75) is 84.3 Å². The molecule has 7 nitrogen and oxygen atoms in total. The Labute approximate surface area is 184 Å². The van der Waals surface area contributed by atoms with E-state index >= 15 is 0 Å². The van der Waals surface area contributed by atoms with E-state index in [4.69, 9.17) is 30.4 Å². The molecule has 2 aliphatic rings. The van der Waals surface area contributed by atoms with Crippen molar-refractivity contribution in [1.29, 1.82) is 0 Å². The Morgan fingerprint density at radius 1 is 1.23 bits per heavy atom. The Morgan fingerprint density at radius 3 is 2.40 bits per heavy atom. The first kappa shape index (κ1) is 23.3. The standard InChI is InChI=1S/C21H32BClN2O5/c1-13-17(27-10-9-25(13)18(26)28-19(2,3)4)14-11-15(24-16(23)12-14)22-29-20(5,6)21(7,8)30-22/h11-13,17H,9-10H2,1-8H3/t13-,17+/m0/s1. The quantitative estimate of drug-likeness (QED) is 0.517. The van der Waals surface area contributed by atoms with Crippen molar-refractivity contribution in [2.75, 3.05) is 13.2 Å². The fraction of sp³-hybridized carbons (Fsp3) is 0.714. The number of hydrogen-bond acceptors (Lipinski definition) is 6. The number of carbonyl (C=O) groups excluding carboxylic acids is 1. The van der Waals surface area contributed by atoms with E-state index in [1.807, 2.05) is 61.5 Å². The Morgan fingerprint density at radius 2 is 1.83 bits per heavy atom. The highest BCUT2D eigenvalue weighted by atomic mass is 35.5. The van der Waals surface area contributed by atoms with Gasteiger partial charge in [-0.3, -0.25) is 0 Å². The summed E-state index contributed by atoms with van der Waals surface area (Å²) < 4.78 is 23.8. The van der Waals surface area contributed by atoms with Crippen LogP contribution < -0.4 is 5.59 Å². The van der Waals surface area contributed by atoms with Crippen molar-refractivity contribution in [2.24, 2.45) is 0 Å². The molecule has 1 amide bonds. The number of carbonyl (C=O) groups is 1. The zero-order valence-corrected chi connectivity index (χ0v) is 19.9. The van der Waals surface area contributed by atoms with Gasteiger partial charge in [-0.25, -0.2) is 9.78 Å². The van der Waals surface area contributed by atoms with Gasteiger partial charge < -0.3 is 23.7 Å². The van der Waals surface area contributed by atoms with Gasteiger partial charge in [-0.15, -0.1) is 0 Å². The minimum absolute atomic E-state index is 0.238. The van der Waals surface area contributed by atoms with Gasteiger partial charge in [-0.2, -0.15) is 0 Å². The highest BCUT2D eigenvalue weighted by Crippen LogP contribution is 2.37. The largest absolute Gasteiger partial charge is 0.514 e. The normalized spacial score (nSPS) is 26.0. The molecule has 0 saturated carbocycles. The summed E-state index contributed by atoms with van der Waals surface area (Å²) in [6.45, 7) is 16.3. The lowest BCUT2D eigenvalue weighted by molar-refractivity contribution is -0.0723. The average Bonchev–Trinajstić information content (AvgIpc) is 2.80. The molecular weight excluding hydrogens is 407 g/mol. The van der Waals surface area contributed by atoms with E-state index in [2.05, 4.69) is 4.98 Å². The number of ether oxygens (including phenoxy) is 2. The van der Waals surface area contributed by atoms with Crippen molar-refractivity contribution >= 4 is 30.4 Å². The van der Waals surface area contributed by atoms with E-state index in [1.165, 1.54) is 0 Å². The molecule has 0 unspecified atom stereocenters. The highest BCUT2D eigenvalue weighted by molar-refractivity contribution is 6.61. The number of halogens is 1. The topological polar surface area (TPSA) is 70.1 Å². The predicted molar refractivity (Wildman–Crippen MR) is 116 cm³/mol. The van der Waals surface area contributed by atoms with Gasteiger partial charge in [0.15, 0.2) is 0 Å². The predicted octanol–water partition coefficient (Wildman–Crippen LogP) is 3.73. The minimum Gasteiger partial charge on any atom is -0.444 e. The van der Waals surface area contributed by atoms with Gasteiger partial charge in [-0.05, 0) is 73.1 Å². The molecular formula is C21H32BClN2O5. The SMILES string of the molecule is C[C@H]1[C@H](c2cc(Cl)nc(B3OC(C)(C)C(C)(C)O3)c2)OCCN1C(=O)OC(C)(C)C. The maximum Gasteiger partial charge on any atom is 0.514 e. The molecule has 3 rings (SSSR count). The number of aromatic nitrogens is 1. The summed E-state index contributed by atoms with van der Waals surface area (Å²) in [5.41, 5.74) is -0.121. The summed E-state index contributed by atoms with van der Waals surface area (Å²) in [6, 6.07) is 3.40. The molecule has 0 N–H and O–H groups in total. The second kappa shape index (κ2) is 7.97. The molecule has 0 spiro atoms. The number of nitrogens with zero attached hydrogens (tertiary/aromatic N) is 2. The fourth-order valence-electron chi connectivity index (χ4n) is 3.52. The fourth-order valence-corrected chi connectivity index (χ4v) is 3.75. The van der Waals surface area contributed by atoms with Crippen LogP contribution in [0.15, 0.2) is 12.1 Å². The van der Waals surface area contributed by atoms with Crippen LogP contribution in [0.4, 0.5) is 4.79 Å². The summed E-state index contributed by atoms with van der Waals surface area (Å²) >= 11 is 6.34. The molecule has 2 saturated heterocycles. The van der Waals surface area contributed by atoms with E-state index < -0.39 is 23.9 Å². The lowest BCUT2D eigenvalue weighted by Crippen LogP contribution is -2.50. The van der Waals surface area contributed by atoms with E-state index in [0.717, 1.165) is 5.56 Å². The minimum atomic E-state index is -0.631. The van der Waals surface area contributed by atoms with Crippen LogP contribution >= 0.6 is 11.6 Å². The molecule has 1 aromatic heterocycles. The van der Waals surface area contributed by atoms with Gasteiger partial charge in [0.2, 0.25) is 0 Å². The Balaban J connectivity index is 1.85. The van der Waals surface area contributed by atoms with Crippen molar-refractivity contribution < 1.29 is 23.6 Å². The van der Waals surface area contributed by atoms with Gasteiger partial charge >= 0.3 is 13.2 Å². The lowest BCUT2D eigenvalue weighted by Gasteiger charge is -2.40. The number of morpholine rings is 1. The van der Waals surface area contributed by atoms with Gasteiger partial charge in [-0.1, -0.05) is 11.6 Å². The molecule has 166 valence electrons. The first-order valence-corrected chi connectivity index (χ1v) is 10.7. The van der Waals surface area contributed by atoms with Gasteiger partial charge in [0.05, 0.1) is 29.4 Å². The summed E-state index contributed by atoms with van der Waals surface area (Å²) in [5.74, 6) is 0. The second-order valence-electron chi connectivity index (χ2n) is 9.94. The van der Waals surface area contributed by atoms with Crippen molar-refractivity contribution in [3.63, 3.8) is 0 Å². The average molecular weight is 439 g/mol. The van der Waals surface area contributed by atoms with Gasteiger partial charge in [0, 0.05) is 6.54 Å². The van der Waals surface area contributed by atoms with Crippen LogP contribution in [0.5, 0.6) is 0 Å². The van der Waals surface area contributed by atoms with Crippen LogP contribution in [-0.2, 0) is 18.8 Å². The lowest BCUT2D eigenvalue weighted by atomic mass is 9.82. The van der Waals surface area contributed by atoms with E-state index in [-0.39, 0.29) is 18.2 Å². The first-order valence-electron chi connectivity index (χ1n) is 10.3. The third kappa shape index (κ3) is 4.77.